The highest BCUT2D eigenvalue weighted by molar-refractivity contribution is 6.03. The van der Waals surface area contributed by atoms with Gasteiger partial charge in [-0.3, -0.25) is 15.2 Å². The van der Waals surface area contributed by atoms with Crippen LogP contribution in [0.2, 0.25) is 0 Å². The van der Waals surface area contributed by atoms with Gasteiger partial charge in [-0.05, 0) is 48.5 Å². The minimum absolute atomic E-state index is 0.0909. The minimum Gasteiger partial charge on any atom is -0.343 e. The Morgan fingerprint density at radius 2 is 1.64 bits per heavy atom. The van der Waals surface area contributed by atoms with Gasteiger partial charge in [-0.2, -0.15) is 5.10 Å². The molecule has 5 heteroatoms. The maximum atomic E-state index is 12.4. The monoisotopic (exact) mass is 306 g/mol. The van der Waals surface area contributed by atoms with Gasteiger partial charge in [-0.15, -0.1) is 0 Å². The van der Waals surface area contributed by atoms with E-state index in [2.05, 4.69) is 22.1 Å². The number of rotatable bonds is 8. The molecule has 0 saturated heterocycles. The quantitative estimate of drug-likeness (QED) is 0.551. The van der Waals surface area contributed by atoms with Crippen molar-refractivity contribution in [3.63, 3.8) is 0 Å². The molecule has 124 valence electrons. The van der Waals surface area contributed by atoms with Crippen molar-refractivity contribution >= 4 is 17.3 Å². The highest BCUT2D eigenvalue weighted by atomic mass is 16.2. The smallest absolute Gasteiger partial charge is 0.227 e. The highest BCUT2D eigenvalue weighted by Crippen LogP contribution is 2.15. The van der Waals surface area contributed by atoms with Crippen LogP contribution in [0.5, 0.6) is 0 Å². The summed E-state index contributed by atoms with van der Waals surface area (Å²) in [5.41, 5.74) is 6.99. The molecule has 0 aliphatic heterocycles. The Morgan fingerprint density at radius 3 is 2.05 bits per heavy atom. The molecule has 0 rings (SSSR count). The molecule has 0 aliphatic rings. The number of hydrogen-bond donors (Lipinski definition) is 1. The normalized spacial score (nSPS) is 12.4. The van der Waals surface area contributed by atoms with Crippen molar-refractivity contribution in [1.29, 1.82) is 0 Å². The number of hydrogen-bond acceptors (Lipinski definition) is 4. The lowest BCUT2D eigenvalue weighted by Crippen LogP contribution is -2.31. The van der Waals surface area contributed by atoms with Crippen LogP contribution in [0, 0.1) is 0 Å². The second-order valence-electron chi connectivity index (χ2n) is 5.46. The van der Waals surface area contributed by atoms with Gasteiger partial charge in [0.2, 0.25) is 5.91 Å². The highest BCUT2D eigenvalue weighted by Gasteiger charge is 2.16. The average Bonchev–Trinajstić information content (AvgIpc) is 2.42. The molecule has 0 aromatic rings. The van der Waals surface area contributed by atoms with Crippen molar-refractivity contribution in [2.75, 3.05) is 13.1 Å². The Bertz CT molecular complexity index is 493. The van der Waals surface area contributed by atoms with Crippen LogP contribution >= 0.6 is 0 Å². The van der Waals surface area contributed by atoms with Crippen LogP contribution in [0.25, 0.3) is 0 Å². The standard InChI is InChI=1S/C17H30N4O/c1-9-21(10-2)17(22)11-16(14(7)18-12(3)4)15(8)20-19-13(5)6/h19H,5,9-11H2,1-4,6-8H3/b16-14+,20-15-. The molecule has 0 aromatic carbocycles. The molecule has 0 spiro atoms. The van der Waals surface area contributed by atoms with Gasteiger partial charge in [0.15, 0.2) is 0 Å². The van der Waals surface area contributed by atoms with Crippen LogP contribution in [-0.2, 0) is 4.79 Å². The van der Waals surface area contributed by atoms with Crippen LogP contribution in [0.3, 0.4) is 0 Å². The van der Waals surface area contributed by atoms with Crippen LogP contribution in [0.4, 0.5) is 0 Å². The van der Waals surface area contributed by atoms with E-state index in [1.807, 2.05) is 53.4 Å². The Kier molecular flexibility index (Phi) is 9.06. The lowest BCUT2D eigenvalue weighted by atomic mass is 10.0. The summed E-state index contributed by atoms with van der Waals surface area (Å²) in [6.07, 6.45) is 0.303. The van der Waals surface area contributed by atoms with E-state index in [0.29, 0.717) is 19.5 Å². The van der Waals surface area contributed by atoms with Crippen molar-refractivity contribution in [3.8, 4) is 0 Å². The fourth-order valence-electron chi connectivity index (χ4n) is 2.01. The van der Waals surface area contributed by atoms with Crippen LogP contribution in [0.15, 0.2) is 33.6 Å². The van der Waals surface area contributed by atoms with E-state index in [9.17, 15) is 4.79 Å². The fraction of sp³-hybridized carbons (Fsp3) is 0.588. The SMILES string of the molecule is C=C(C)N/N=C(C)\C(CC(=O)N(CC)CC)=C(/C)N=C(C)C. The molecule has 0 aliphatic carbocycles. The zero-order valence-electron chi connectivity index (χ0n) is 15.1. The summed E-state index contributed by atoms with van der Waals surface area (Å²) in [5.74, 6) is 0.0909. The van der Waals surface area contributed by atoms with E-state index >= 15 is 0 Å². The molecule has 0 fully saturated rings. The lowest BCUT2D eigenvalue weighted by Gasteiger charge is -2.20. The van der Waals surface area contributed by atoms with Crippen molar-refractivity contribution in [1.82, 2.24) is 10.3 Å². The summed E-state index contributed by atoms with van der Waals surface area (Å²) in [7, 11) is 0. The number of hydrazone groups is 1. The van der Waals surface area contributed by atoms with Gasteiger partial charge in [0, 0.05) is 35.8 Å². The first kappa shape index (κ1) is 20.1. The Hall–Kier alpha value is -1.91. The van der Waals surface area contributed by atoms with Crippen molar-refractivity contribution in [2.24, 2.45) is 10.1 Å². The van der Waals surface area contributed by atoms with Crippen molar-refractivity contribution in [3.05, 3.63) is 23.5 Å². The second-order valence-corrected chi connectivity index (χ2v) is 5.46. The predicted octanol–water partition coefficient (Wildman–Crippen LogP) is 3.50. The summed E-state index contributed by atoms with van der Waals surface area (Å²) in [4.78, 5) is 18.7. The first-order chi connectivity index (χ1) is 10.2. The van der Waals surface area contributed by atoms with Gasteiger partial charge < -0.3 is 4.90 Å². The van der Waals surface area contributed by atoms with E-state index in [1.165, 1.54) is 0 Å². The summed E-state index contributed by atoms with van der Waals surface area (Å²) in [5, 5.41) is 4.29. The van der Waals surface area contributed by atoms with Gasteiger partial charge in [0.1, 0.15) is 0 Å². The molecule has 0 heterocycles. The summed E-state index contributed by atoms with van der Waals surface area (Å²) in [6.45, 7) is 18.6. The zero-order valence-corrected chi connectivity index (χ0v) is 15.1. The third-order valence-corrected chi connectivity index (χ3v) is 3.12. The summed E-state index contributed by atoms with van der Waals surface area (Å²) in [6, 6.07) is 0. The van der Waals surface area contributed by atoms with Gasteiger partial charge in [-0.25, -0.2) is 0 Å². The molecule has 0 saturated carbocycles. The third kappa shape index (κ3) is 7.20. The Labute approximate surface area is 134 Å². The maximum Gasteiger partial charge on any atom is 0.227 e. The average molecular weight is 306 g/mol. The van der Waals surface area contributed by atoms with Gasteiger partial charge >= 0.3 is 0 Å². The Morgan fingerprint density at radius 1 is 1.09 bits per heavy atom. The molecular weight excluding hydrogens is 276 g/mol. The van der Waals surface area contributed by atoms with E-state index < -0.39 is 0 Å². The molecule has 0 radical (unpaired) electrons. The Balaban J connectivity index is 5.54. The molecule has 1 amide bonds. The fourth-order valence-corrected chi connectivity index (χ4v) is 2.01. The van der Waals surface area contributed by atoms with E-state index in [4.69, 9.17) is 0 Å². The first-order valence-electron chi connectivity index (χ1n) is 7.68. The van der Waals surface area contributed by atoms with E-state index in [0.717, 1.165) is 28.4 Å². The van der Waals surface area contributed by atoms with Crippen LogP contribution in [0.1, 0.15) is 54.9 Å². The number of carbonyl (C=O) groups excluding carboxylic acids is 1. The first-order valence-corrected chi connectivity index (χ1v) is 7.68. The van der Waals surface area contributed by atoms with Gasteiger partial charge in [-0.1, -0.05) is 6.58 Å². The number of nitrogens with zero attached hydrogens (tertiary/aromatic N) is 3. The van der Waals surface area contributed by atoms with Crippen molar-refractivity contribution < 1.29 is 4.79 Å². The molecule has 22 heavy (non-hydrogen) atoms. The summed E-state index contributed by atoms with van der Waals surface area (Å²) >= 11 is 0. The predicted molar refractivity (Wildman–Crippen MR) is 95.1 cm³/mol. The minimum atomic E-state index is 0.0909. The molecule has 0 atom stereocenters. The van der Waals surface area contributed by atoms with Gasteiger partial charge in [0.05, 0.1) is 12.1 Å². The maximum absolute atomic E-state index is 12.4. The molecular formula is C17H30N4O. The number of aliphatic imine (C=N–C) groups is 1. The molecule has 1 N–H and O–H groups in total. The molecule has 0 unspecified atom stereocenters. The largest absolute Gasteiger partial charge is 0.343 e. The van der Waals surface area contributed by atoms with E-state index in [1.54, 1.807) is 0 Å². The molecule has 5 nitrogen and oxygen atoms in total. The molecule has 0 aromatic heterocycles. The van der Waals surface area contributed by atoms with E-state index in [-0.39, 0.29) is 5.91 Å². The van der Waals surface area contributed by atoms with Crippen molar-refractivity contribution in [2.45, 2.75) is 54.9 Å². The second kappa shape index (κ2) is 9.92. The topological polar surface area (TPSA) is 57.1 Å². The number of carbonyl (C=O) groups is 1. The third-order valence-electron chi connectivity index (χ3n) is 3.12. The zero-order chi connectivity index (χ0) is 17.3. The number of amides is 1. The summed E-state index contributed by atoms with van der Waals surface area (Å²) < 4.78 is 0. The number of nitrogens with one attached hydrogen (secondary N) is 1. The van der Waals surface area contributed by atoms with Gasteiger partial charge in [0.25, 0.3) is 0 Å². The number of allylic oxidation sites excluding steroid dienone is 2. The van der Waals surface area contributed by atoms with Crippen LogP contribution < -0.4 is 5.43 Å². The molecule has 0 bridgehead atoms. The van der Waals surface area contributed by atoms with Crippen LogP contribution in [-0.4, -0.2) is 35.3 Å². The lowest BCUT2D eigenvalue weighted by molar-refractivity contribution is -0.129.